The highest BCUT2D eigenvalue weighted by molar-refractivity contribution is 7.89. The molecule has 1 N–H and O–H groups in total. The van der Waals surface area contributed by atoms with E-state index in [-0.39, 0.29) is 0 Å². The van der Waals surface area contributed by atoms with Crippen molar-refractivity contribution in [2.45, 2.75) is 45.1 Å². The zero-order chi connectivity index (χ0) is 31.3. The average molecular weight is 628 g/mol. The SMILES string of the molecule is CCCCNS(=O)(=O)c1ccc2sc(/C=C(/C=C3\C=CN(C)c4ccccc43)c3ccc(CN(CC)CC)cc3)[n+](C)c2c1. The molecule has 0 radical (unpaired) electrons. The highest BCUT2D eigenvalue weighted by Crippen LogP contribution is 2.35. The number of nitrogens with one attached hydrogen (secondary N) is 1. The highest BCUT2D eigenvalue weighted by atomic mass is 32.2. The van der Waals surface area contributed by atoms with E-state index in [0.717, 1.165) is 64.4 Å². The molecule has 2 heterocycles. The molecule has 3 aromatic carbocycles. The van der Waals surface area contributed by atoms with Gasteiger partial charge in [-0.05, 0) is 72.1 Å². The molecule has 4 aromatic rings. The van der Waals surface area contributed by atoms with Crippen LogP contribution in [0.15, 0.2) is 90.0 Å². The largest absolute Gasteiger partial charge is 0.351 e. The van der Waals surface area contributed by atoms with E-state index in [4.69, 9.17) is 0 Å². The molecule has 0 unspecified atom stereocenters. The number of unbranched alkanes of at least 4 members (excludes halogenated alkanes) is 1. The number of aryl methyl sites for hydroxylation is 1. The first-order chi connectivity index (χ1) is 21.2. The molecule has 0 bridgehead atoms. The van der Waals surface area contributed by atoms with Gasteiger partial charge in [-0.25, -0.2) is 13.1 Å². The third kappa shape index (κ3) is 7.05. The summed E-state index contributed by atoms with van der Waals surface area (Å²) >= 11 is 1.66. The molecule has 1 aliphatic rings. The summed E-state index contributed by atoms with van der Waals surface area (Å²) in [6, 6.07) is 22.8. The summed E-state index contributed by atoms with van der Waals surface area (Å²) in [5.74, 6) is 0. The molecular weight excluding hydrogens is 585 g/mol. The molecular formula is C36H43N4O2S2+. The molecule has 0 saturated heterocycles. The Hall–Kier alpha value is -3.56. The number of fused-ring (bicyclic) bond motifs is 2. The summed E-state index contributed by atoms with van der Waals surface area (Å²) in [4.78, 5) is 4.86. The molecule has 1 aromatic heterocycles. The maximum atomic E-state index is 13.0. The van der Waals surface area contributed by atoms with Crippen LogP contribution in [-0.4, -0.2) is 40.0 Å². The number of anilines is 1. The van der Waals surface area contributed by atoms with E-state index < -0.39 is 10.0 Å². The second-order valence-corrected chi connectivity index (χ2v) is 14.0. The van der Waals surface area contributed by atoms with Crippen molar-refractivity contribution in [3.63, 3.8) is 0 Å². The lowest BCUT2D eigenvalue weighted by molar-refractivity contribution is -0.642. The van der Waals surface area contributed by atoms with E-state index in [2.05, 4.69) is 113 Å². The standard InChI is InChI=1S/C36H43N4O2S2/c1-6-9-21-37-44(41,42)31-18-19-35-34(25-31)39(5)36(43-35)24-30(28-16-14-27(15-17-28)26-40(7-2)8-3)23-29-20-22-38(4)33-13-11-10-12-32(29)33/h10-20,22-25,37H,6-9,21,26H2,1-5H3/q+1. The lowest BCUT2D eigenvalue weighted by atomic mass is 9.95. The van der Waals surface area contributed by atoms with Gasteiger partial charge in [-0.3, -0.25) is 4.90 Å². The maximum absolute atomic E-state index is 13.0. The lowest BCUT2D eigenvalue weighted by Gasteiger charge is -2.24. The van der Waals surface area contributed by atoms with E-state index in [1.807, 2.05) is 20.0 Å². The van der Waals surface area contributed by atoms with Gasteiger partial charge in [0.25, 0.3) is 5.01 Å². The number of thiazole rings is 1. The Morgan fingerprint density at radius 2 is 1.77 bits per heavy atom. The Bertz CT molecular complexity index is 1810. The maximum Gasteiger partial charge on any atom is 0.263 e. The van der Waals surface area contributed by atoms with E-state index in [1.54, 1.807) is 23.5 Å². The summed E-state index contributed by atoms with van der Waals surface area (Å²) in [7, 11) is 0.515. The molecule has 1 aliphatic heterocycles. The van der Waals surface area contributed by atoms with Gasteiger partial charge in [0.05, 0.1) is 4.90 Å². The molecule has 0 amide bonds. The van der Waals surface area contributed by atoms with Crippen LogP contribution in [0.2, 0.25) is 0 Å². The van der Waals surface area contributed by atoms with E-state index in [9.17, 15) is 8.42 Å². The fourth-order valence-corrected chi connectivity index (χ4v) is 7.61. The minimum absolute atomic E-state index is 0.296. The van der Waals surface area contributed by atoms with Gasteiger partial charge in [-0.1, -0.05) is 81.0 Å². The van der Waals surface area contributed by atoms with Crippen LogP contribution in [0.1, 0.15) is 55.3 Å². The van der Waals surface area contributed by atoms with Gasteiger partial charge in [0.15, 0.2) is 0 Å². The van der Waals surface area contributed by atoms with Crippen molar-refractivity contribution in [3.05, 3.63) is 107 Å². The Labute approximate surface area is 266 Å². The number of aromatic nitrogens is 1. The van der Waals surface area contributed by atoms with Gasteiger partial charge in [-0.15, -0.1) is 0 Å². The van der Waals surface area contributed by atoms with Gasteiger partial charge in [0.1, 0.15) is 11.7 Å². The van der Waals surface area contributed by atoms with Crippen LogP contribution in [0.5, 0.6) is 0 Å². The number of sulfonamides is 1. The van der Waals surface area contributed by atoms with Crippen molar-refractivity contribution in [3.8, 4) is 0 Å². The summed E-state index contributed by atoms with van der Waals surface area (Å²) in [5.41, 5.74) is 7.92. The summed E-state index contributed by atoms with van der Waals surface area (Å²) < 4.78 is 31.8. The van der Waals surface area contributed by atoms with Crippen LogP contribution in [-0.2, 0) is 23.6 Å². The average Bonchev–Trinajstić information content (AvgIpc) is 3.35. The minimum atomic E-state index is -3.57. The molecule has 5 rings (SSSR count). The summed E-state index contributed by atoms with van der Waals surface area (Å²) in [5, 5.41) is 1.04. The molecule has 0 saturated carbocycles. The molecule has 0 aliphatic carbocycles. The molecule has 0 atom stereocenters. The smallest absolute Gasteiger partial charge is 0.263 e. The second-order valence-electron chi connectivity index (χ2n) is 11.2. The van der Waals surface area contributed by atoms with Crippen molar-refractivity contribution in [1.82, 2.24) is 9.62 Å². The van der Waals surface area contributed by atoms with Crippen molar-refractivity contribution < 1.29 is 13.0 Å². The fraction of sp³-hybridized carbons (Fsp3) is 0.306. The van der Waals surface area contributed by atoms with Crippen LogP contribution in [0.4, 0.5) is 5.69 Å². The van der Waals surface area contributed by atoms with Crippen LogP contribution >= 0.6 is 11.3 Å². The number of hydrogen-bond donors (Lipinski definition) is 1. The molecule has 0 fully saturated rings. The van der Waals surface area contributed by atoms with Crippen molar-refractivity contribution in [2.24, 2.45) is 7.05 Å². The van der Waals surface area contributed by atoms with E-state index in [1.165, 1.54) is 16.8 Å². The summed E-state index contributed by atoms with van der Waals surface area (Å²) in [6.07, 6.45) is 10.5. The second kappa shape index (κ2) is 14.0. The predicted octanol–water partition coefficient (Wildman–Crippen LogP) is 7.23. The number of hydrogen-bond acceptors (Lipinski definition) is 5. The third-order valence-electron chi connectivity index (χ3n) is 8.22. The van der Waals surface area contributed by atoms with Gasteiger partial charge >= 0.3 is 0 Å². The quantitative estimate of drug-likeness (QED) is 0.133. The van der Waals surface area contributed by atoms with E-state index >= 15 is 0 Å². The predicted molar refractivity (Wildman–Crippen MR) is 186 cm³/mol. The van der Waals surface area contributed by atoms with Gasteiger partial charge in [-0.2, -0.15) is 4.57 Å². The Morgan fingerprint density at radius 3 is 2.50 bits per heavy atom. The fourth-order valence-electron chi connectivity index (χ4n) is 5.44. The lowest BCUT2D eigenvalue weighted by Crippen LogP contribution is -2.30. The zero-order valence-corrected chi connectivity index (χ0v) is 28.0. The summed E-state index contributed by atoms with van der Waals surface area (Å²) in [6.45, 7) is 9.87. The van der Waals surface area contributed by atoms with Crippen LogP contribution in [0, 0.1) is 0 Å². The zero-order valence-electron chi connectivity index (χ0n) is 26.4. The molecule has 44 heavy (non-hydrogen) atoms. The highest BCUT2D eigenvalue weighted by Gasteiger charge is 2.22. The van der Waals surface area contributed by atoms with Crippen LogP contribution < -0.4 is 14.2 Å². The van der Waals surface area contributed by atoms with Gasteiger partial charge in [0.2, 0.25) is 15.5 Å². The first-order valence-corrected chi connectivity index (χ1v) is 17.7. The number of para-hydroxylation sites is 1. The van der Waals surface area contributed by atoms with Crippen LogP contribution in [0.3, 0.4) is 0 Å². The number of benzene rings is 3. The Balaban J connectivity index is 1.59. The monoisotopic (exact) mass is 627 g/mol. The van der Waals surface area contributed by atoms with Crippen molar-refractivity contribution in [2.75, 3.05) is 31.6 Å². The first kappa shape index (κ1) is 31.9. The van der Waals surface area contributed by atoms with Crippen molar-refractivity contribution in [1.29, 1.82) is 0 Å². The molecule has 230 valence electrons. The number of allylic oxidation sites excluding steroid dienone is 4. The van der Waals surface area contributed by atoms with Crippen LogP contribution in [0.25, 0.3) is 27.4 Å². The first-order valence-electron chi connectivity index (χ1n) is 15.4. The molecule has 0 spiro atoms. The minimum Gasteiger partial charge on any atom is -0.351 e. The molecule has 6 nitrogen and oxygen atoms in total. The Morgan fingerprint density at radius 1 is 1.02 bits per heavy atom. The third-order valence-corrected chi connectivity index (χ3v) is 10.8. The van der Waals surface area contributed by atoms with Gasteiger partial charge in [0, 0.05) is 49.7 Å². The van der Waals surface area contributed by atoms with E-state index in [0.29, 0.717) is 11.4 Å². The van der Waals surface area contributed by atoms with Gasteiger partial charge < -0.3 is 4.90 Å². The number of rotatable bonds is 12. The number of nitrogens with zero attached hydrogens (tertiary/aromatic N) is 3. The molecule has 8 heteroatoms. The Kier molecular flexibility index (Phi) is 10.2. The normalized spacial score (nSPS) is 14.6. The topological polar surface area (TPSA) is 56.5 Å². The van der Waals surface area contributed by atoms with Crippen molar-refractivity contribution >= 4 is 54.5 Å².